The molecule has 0 fully saturated rings. The van der Waals surface area contributed by atoms with E-state index in [-0.39, 0.29) is 4.90 Å². The van der Waals surface area contributed by atoms with E-state index in [0.29, 0.717) is 13.0 Å². The molecule has 1 aliphatic heterocycles. The lowest BCUT2D eigenvalue weighted by Crippen LogP contribution is -2.27. The van der Waals surface area contributed by atoms with Crippen molar-refractivity contribution in [3.05, 3.63) is 82.4 Å². The van der Waals surface area contributed by atoms with Crippen molar-refractivity contribution in [1.29, 1.82) is 0 Å². The van der Waals surface area contributed by atoms with Crippen LogP contribution in [0.4, 0.5) is 0 Å². The van der Waals surface area contributed by atoms with Gasteiger partial charge in [0.2, 0.25) is 10.0 Å². The van der Waals surface area contributed by atoms with Gasteiger partial charge in [-0.3, -0.25) is 4.90 Å². The first-order valence-corrected chi connectivity index (χ1v) is 11.9. The first-order chi connectivity index (χ1) is 14.4. The number of nitrogens with zero attached hydrogens (tertiary/aromatic N) is 4. The average Bonchev–Trinajstić information content (AvgIpc) is 3.10. The van der Waals surface area contributed by atoms with Crippen molar-refractivity contribution in [3.8, 4) is 5.69 Å². The molecule has 30 heavy (non-hydrogen) atoms. The molecule has 2 aromatic carbocycles. The zero-order valence-corrected chi connectivity index (χ0v) is 18.7. The molecule has 0 unspecified atom stereocenters. The SMILES string of the molecule is NS(=O)(=O)c1ccc(-n2nc(CN3CC=CCC3)nc2Cc2cccc(Br)c2)cc1. The third-order valence-corrected chi connectivity index (χ3v) is 6.31. The summed E-state index contributed by atoms with van der Waals surface area (Å²) in [6.07, 6.45) is 5.98. The highest BCUT2D eigenvalue weighted by Crippen LogP contribution is 2.19. The molecule has 0 radical (unpaired) electrons. The van der Waals surface area contributed by atoms with Crippen LogP contribution in [0, 0.1) is 0 Å². The van der Waals surface area contributed by atoms with E-state index in [1.807, 2.05) is 18.2 Å². The van der Waals surface area contributed by atoms with Crippen LogP contribution in [0.5, 0.6) is 0 Å². The molecule has 0 saturated heterocycles. The van der Waals surface area contributed by atoms with E-state index in [1.165, 1.54) is 12.1 Å². The molecule has 2 heterocycles. The van der Waals surface area contributed by atoms with Crippen molar-refractivity contribution in [2.45, 2.75) is 24.3 Å². The molecule has 0 aliphatic carbocycles. The maximum absolute atomic E-state index is 11.6. The first kappa shape index (κ1) is 20.9. The normalized spacial score (nSPS) is 14.9. The van der Waals surface area contributed by atoms with Crippen LogP contribution in [0.2, 0.25) is 0 Å². The fourth-order valence-electron chi connectivity index (χ4n) is 3.42. The Bertz CT molecular complexity index is 1170. The lowest BCUT2D eigenvalue weighted by molar-refractivity contribution is 0.283. The molecule has 0 bridgehead atoms. The molecule has 1 aliphatic rings. The van der Waals surface area contributed by atoms with Gasteiger partial charge in [-0.1, -0.05) is 40.2 Å². The molecule has 7 nitrogen and oxygen atoms in total. The Kier molecular flexibility index (Phi) is 6.14. The second-order valence-electron chi connectivity index (χ2n) is 7.20. The maximum Gasteiger partial charge on any atom is 0.238 e. The smallest absolute Gasteiger partial charge is 0.238 e. The quantitative estimate of drug-likeness (QED) is 0.539. The molecule has 156 valence electrons. The Balaban J connectivity index is 1.68. The number of aromatic nitrogens is 3. The Morgan fingerprint density at radius 1 is 1.10 bits per heavy atom. The number of halogens is 1. The van der Waals surface area contributed by atoms with Gasteiger partial charge in [0.15, 0.2) is 5.82 Å². The summed E-state index contributed by atoms with van der Waals surface area (Å²) < 4.78 is 25.9. The van der Waals surface area contributed by atoms with Crippen molar-refractivity contribution in [3.63, 3.8) is 0 Å². The molecule has 0 amide bonds. The molecular formula is C21H22BrN5O2S. The Hall–Kier alpha value is -2.33. The Morgan fingerprint density at radius 2 is 1.90 bits per heavy atom. The van der Waals surface area contributed by atoms with Crippen molar-refractivity contribution < 1.29 is 8.42 Å². The number of rotatable bonds is 6. The van der Waals surface area contributed by atoms with E-state index in [4.69, 9.17) is 15.2 Å². The number of hydrogen-bond donors (Lipinski definition) is 1. The van der Waals surface area contributed by atoms with Gasteiger partial charge < -0.3 is 0 Å². The van der Waals surface area contributed by atoms with Gasteiger partial charge in [-0.2, -0.15) is 0 Å². The van der Waals surface area contributed by atoms with Gasteiger partial charge in [-0.05, 0) is 48.4 Å². The van der Waals surface area contributed by atoms with Gasteiger partial charge in [0.25, 0.3) is 0 Å². The minimum absolute atomic E-state index is 0.0697. The number of benzene rings is 2. The van der Waals surface area contributed by atoms with Crippen LogP contribution < -0.4 is 5.14 Å². The van der Waals surface area contributed by atoms with Crippen LogP contribution in [0.1, 0.15) is 23.6 Å². The largest absolute Gasteiger partial charge is 0.292 e. The van der Waals surface area contributed by atoms with Gasteiger partial charge in [0, 0.05) is 24.0 Å². The van der Waals surface area contributed by atoms with E-state index in [0.717, 1.165) is 46.9 Å². The van der Waals surface area contributed by atoms with Gasteiger partial charge in [0.1, 0.15) is 5.82 Å². The van der Waals surface area contributed by atoms with Crippen LogP contribution in [0.3, 0.4) is 0 Å². The van der Waals surface area contributed by atoms with E-state index in [1.54, 1.807) is 16.8 Å². The number of primary sulfonamides is 1. The fourth-order valence-corrected chi connectivity index (χ4v) is 4.38. The van der Waals surface area contributed by atoms with E-state index in [9.17, 15) is 8.42 Å². The summed E-state index contributed by atoms with van der Waals surface area (Å²) in [5, 5.41) is 9.95. The van der Waals surface area contributed by atoms with Crippen molar-refractivity contribution >= 4 is 26.0 Å². The lowest BCUT2D eigenvalue weighted by atomic mass is 10.1. The topological polar surface area (TPSA) is 94.1 Å². The Labute approximate surface area is 184 Å². The predicted molar refractivity (Wildman–Crippen MR) is 119 cm³/mol. The molecular weight excluding hydrogens is 466 g/mol. The Morgan fingerprint density at radius 3 is 2.57 bits per heavy atom. The van der Waals surface area contributed by atoms with Crippen LogP contribution in [-0.2, 0) is 23.0 Å². The minimum Gasteiger partial charge on any atom is -0.292 e. The third kappa shape index (κ3) is 5.04. The third-order valence-electron chi connectivity index (χ3n) is 4.89. The standard InChI is InChI=1S/C21H22BrN5O2S/c22-17-6-4-5-16(13-17)14-21-24-20(15-26-11-2-1-3-12-26)25-27(21)18-7-9-19(10-8-18)30(23,28)29/h1-2,4-10,13H,3,11-12,14-15H2,(H2,23,28,29). The zero-order chi connectivity index (χ0) is 21.1. The predicted octanol–water partition coefficient (Wildman–Crippen LogP) is 3.03. The molecule has 9 heteroatoms. The van der Waals surface area contributed by atoms with Gasteiger partial charge in [0.05, 0.1) is 17.1 Å². The fraction of sp³-hybridized carbons (Fsp3) is 0.238. The molecule has 4 rings (SSSR count). The maximum atomic E-state index is 11.6. The minimum atomic E-state index is -3.74. The summed E-state index contributed by atoms with van der Waals surface area (Å²) >= 11 is 3.51. The van der Waals surface area contributed by atoms with E-state index >= 15 is 0 Å². The number of hydrogen-bond acceptors (Lipinski definition) is 5. The van der Waals surface area contributed by atoms with E-state index < -0.39 is 10.0 Å². The molecule has 2 N–H and O–H groups in total. The van der Waals surface area contributed by atoms with Crippen LogP contribution in [0.15, 0.2) is 70.1 Å². The zero-order valence-electron chi connectivity index (χ0n) is 16.3. The number of nitrogens with two attached hydrogens (primary N) is 1. The van der Waals surface area contributed by atoms with E-state index in [2.05, 4.69) is 39.0 Å². The second kappa shape index (κ2) is 8.81. The molecule has 1 aromatic heterocycles. The van der Waals surface area contributed by atoms with Crippen LogP contribution in [0.25, 0.3) is 5.69 Å². The van der Waals surface area contributed by atoms with Crippen molar-refractivity contribution in [1.82, 2.24) is 19.7 Å². The summed E-state index contributed by atoms with van der Waals surface area (Å²) in [6.45, 7) is 2.53. The molecule has 0 spiro atoms. The van der Waals surface area contributed by atoms with Gasteiger partial charge >= 0.3 is 0 Å². The summed E-state index contributed by atoms with van der Waals surface area (Å²) in [5.74, 6) is 1.53. The summed E-state index contributed by atoms with van der Waals surface area (Å²) in [5.41, 5.74) is 1.84. The monoisotopic (exact) mass is 487 g/mol. The molecule has 3 aromatic rings. The van der Waals surface area contributed by atoms with Gasteiger partial charge in [-0.15, -0.1) is 5.10 Å². The summed E-state index contributed by atoms with van der Waals surface area (Å²) in [6, 6.07) is 14.5. The highest BCUT2D eigenvalue weighted by Gasteiger charge is 2.16. The summed E-state index contributed by atoms with van der Waals surface area (Å²) in [4.78, 5) is 7.17. The highest BCUT2D eigenvalue weighted by atomic mass is 79.9. The lowest BCUT2D eigenvalue weighted by Gasteiger charge is -2.20. The van der Waals surface area contributed by atoms with Crippen molar-refractivity contribution in [2.75, 3.05) is 13.1 Å². The van der Waals surface area contributed by atoms with Crippen LogP contribution in [-0.4, -0.2) is 41.2 Å². The summed E-state index contributed by atoms with van der Waals surface area (Å²) in [7, 11) is -3.74. The van der Waals surface area contributed by atoms with Gasteiger partial charge in [-0.25, -0.2) is 23.2 Å². The molecule has 0 saturated carbocycles. The van der Waals surface area contributed by atoms with Crippen molar-refractivity contribution in [2.24, 2.45) is 5.14 Å². The van der Waals surface area contributed by atoms with Crippen LogP contribution >= 0.6 is 15.9 Å². The second-order valence-corrected chi connectivity index (χ2v) is 9.67. The molecule has 0 atom stereocenters. The number of sulfonamides is 1. The average molecular weight is 488 g/mol. The highest BCUT2D eigenvalue weighted by molar-refractivity contribution is 9.10. The first-order valence-electron chi connectivity index (χ1n) is 9.58.